The number of carbonyl (C=O) groups is 2. The third kappa shape index (κ3) is 0.761. The molecule has 0 unspecified atom stereocenters. The summed E-state index contributed by atoms with van der Waals surface area (Å²) in [7, 11) is 0. The topological polar surface area (TPSA) is 52.6 Å². The Kier molecular flexibility index (Phi) is 1.37. The average molecular weight is 220 g/mol. The molecule has 4 aliphatic rings. The molecule has 0 aromatic rings. The van der Waals surface area contributed by atoms with Gasteiger partial charge in [0.05, 0.1) is 5.92 Å². The summed E-state index contributed by atoms with van der Waals surface area (Å²) in [5.41, 5.74) is 0. The lowest BCUT2D eigenvalue weighted by Crippen LogP contribution is -2.44. The van der Waals surface area contributed by atoms with Gasteiger partial charge in [0.15, 0.2) is 0 Å². The summed E-state index contributed by atoms with van der Waals surface area (Å²) >= 11 is 0. The fourth-order valence-corrected chi connectivity index (χ4v) is 4.19. The van der Waals surface area contributed by atoms with Crippen molar-refractivity contribution in [2.24, 2.45) is 29.6 Å². The van der Waals surface area contributed by atoms with E-state index >= 15 is 0 Å². The molecular formula is C12H12O4. The molecule has 0 aromatic heterocycles. The van der Waals surface area contributed by atoms with Gasteiger partial charge >= 0.3 is 11.9 Å². The Morgan fingerprint density at radius 3 is 2.81 bits per heavy atom. The Morgan fingerprint density at radius 2 is 2.06 bits per heavy atom. The summed E-state index contributed by atoms with van der Waals surface area (Å²) < 4.78 is 10.7. The average Bonchev–Trinajstić information content (AvgIpc) is 2.69. The lowest BCUT2D eigenvalue weighted by molar-refractivity contribution is -0.163. The zero-order valence-electron chi connectivity index (χ0n) is 8.83. The van der Waals surface area contributed by atoms with E-state index in [1.54, 1.807) is 0 Å². The van der Waals surface area contributed by atoms with Gasteiger partial charge in [0.2, 0.25) is 0 Å². The molecule has 0 radical (unpaired) electrons. The monoisotopic (exact) mass is 220 g/mol. The maximum Gasteiger partial charge on any atom is 0.310 e. The second-order valence-corrected chi connectivity index (χ2v) is 5.20. The smallest absolute Gasteiger partial charge is 0.310 e. The molecule has 1 heterocycles. The van der Waals surface area contributed by atoms with Crippen molar-refractivity contribution < 1.29 is 19.1 Å². The van der Waals surface area contributed by atoms with Crippen molar-refractivity contribution in [3.63, 3.8) is 0 Å². The van der Waals surface area contributed by atoms with Crippen LogP contribution >= 0.6 is 0 Å². The number of ether oxygens (including phenoxy) is 2. The van der Waals surface area contributed by atoms with Gasteiger partial charge in [0, 0.05) is 18.8 Å². The molecule has 0 bridgehead atoms. The van der Waals surface area contributed by atoms with Crippen LogP contribution in [0.4, 0.5) is 0 Å². The highest BCUT2D eigenvalue weighted by Crippen LogP contribution is 2.66. The molecule has 1 saturated heterocycles. The molecule has 1 aliphatic heterocycles. The van der Waals surface area contributed by atoms with Gasteiger partial charge < -0.3 is 9.47 Å². The fourth-order valence-electron chi connectivity index (χ4n) is 4.19. The Balaban J connectivity index is 1.73. The van der Waals surface area contributed by atoms with Crippen LogP contribution in [0.25, 0.3) is 0 Å². The van der Waals surface area contributed by atoms with E-state index in [4.69, 9.17) is 9.47 Å². The predicted octanol–water partition coefficient (Wildman–Crippen LogP) is 0.521. The summed E-state index contributed by atoms with van der Waals surface area (Å²) in [6.45, 7) is 1.41. The Hall–Kier alpha value is -1.32. The highest BCUT2D eigenvalue weighted by atomic mass is 16.6. The summed E-state index contributed by atoms with van der Waals surface area (Å²) in [4.78, 5) is 22.7. The molecule has 3 aliphatic carbocycles. The van der Waals surface area contributed by atoms with Crippen LogP contribution < -0.4 is 0 Å². The minimum atomic E-state index is -0.289. The maximum atomic E-state index is 11.6. The van der Waals surface area contributed by atoms with Crippen LogP contribution in [0.1, 0.15) is 6.92 Å². The van der Waals surface area contributed by atoms with Crippen molar-refractivity contribution >= 4 is 11.9 Å². The van der Waals surface area contributed by atoms with Crippen molar-refractivity contribution in [1.29, 1.82) is 0 Å². The molecule has 0 N–H and O–H groups in total. The van der Waals surface area contributed by atoms with E-state index in [0.717, 1.165) is 0 Å². The first-order valence-corrected chi connectivity index (χ1v) is 5.74. The first-order chi connectivity index (χ1) is 7.68. The molecule has 7 atom stereocenters. The number of fused-ring (bicyclic) bond motifs is 1. The maximum absolute atomic E-state index is 11.6. The number of rotatable bonds is 1. The van der Waals surface area contributed by atoms with Crippen LogP contribution in [0.2, 0.25) is 0 Å². The van der Waals surface area contributed by atoms with Gasteiger partial charge in [0.1, 0.15) is 12.2 Å². The van der Waals surface area contributed by atoms with Gasteiger partial charge in [0.25, 0.3) is 0 Å². The van der Waals surface area contributed by atoms with Gasteiger partial charge in [-0.3, -0.25) is 9.59 Å². The number of carbonyl (C=O) groups excluding carboxylic acids is 2. The van der Waals surface area contributed by atoms with E-state index in [2.05, 4.69) is 12.2 Å². The second kappa shape index (κ2) is 2.50. The summed E-state index contributed by atoms with van der Waals surface area (Å²) in [5, 5.41) is 0. The molecule has 0 amide bonds. The Bertz CT molecular complexity index is 427. The van der Waals surface area contributed by atoms with E-state index < -0.39 is 0 Å². The van der Waals surface area contributed by atoms with Crippen molar-refractivity contribution in [2.45, 2.75) is 19.1 Å². The third-order valence-corrected chi connectivity index (χ3v) is 4.63. The van der Waals surface area contributed by atoms with E-state index in [9.17, 15) is 9.59 Å². The summed E-state index contributed by atoms with van der Waals surface area (Å²) in [6, 6.07) is 0. The Labute approximate surface area is 92.6 Å². The first kappa shape index (κ1) is 8.79. The standard InChI is InChI=1S/C12H12O4/c1-4(13)15-10-6-3-2-5-7(6)9-8(5)12(14)16-11(9)10/h2-3,5-11H,1H3/t5-,6-,7+,8-,9-,10-,11-/m1/s1. The van der Waals surface area contributed by atoms with Gasteiger partial charge in [-0.1, -0.05) is 12.2 Å². The molecule has 2 saturated carbocycles. The van der Waals surface area contributed by atoms with Crippen molar-refractivity contribution in [3.8, 4) is 0 Å². The number of hydrogen-bond donors (Lipinski definition) is 0. The first-order valence-electron chi connectivity index (χ1n) is 5.74. The molecule has 0 spiro atoms. The second-order valence-electron chi connectivity index (χ2n) is 5.20. The van der Waals surface area contributed by atoms with Crippen molar-refractivity contribution in [2.75, 3.05) is 0 Å². The van der Waals surface area contributed by atoms with Crippen LogP contribution in [0, 0.1) is 29.6 Å². The van der Waals surface area contributed by atoms with E-state index in [1.807, 2.05) is 0 Å². The van der Waals surface area contributed by atoms with Crippen LogP contribution in [0.5, 0.6) is 0 Å². The lowest BCUT2D eigenvalue weighted by atomic mass is 9.59. The van der Waals surface area contributed by atoms with Gasteiger partial charge in [-0.05, 0) is 11.8 Å². The van der Waals surface area contributed by atoms with Crippen molar-refractivity contribution in [3.05, 3.63) is 12.2 Å². The molecule has 3 fully saturated rings. The van der Waals surface area contributed by atoms with Crippen LogP contribution in [-0.4, -0.2) is 24.1 Å². The molecule has 4 rings (SSSR count). The van der Waals surface area contributed by atoms with Gasteiger partial charge in [-0.25, -0.2) is 0 Å². The lowest BCUT2D eigenvalue weighted by Gasteiger charge is -2.40. The Morgan fingerprint density at radius 1 is 1.31 bits per heavy atom. The summed E-state index contributed by atoms with van der Waals surface area (Å²) in [5.74, 6) is 1.03. The van der Waals surface area contributed by atoms with Crippen LogP contribution in [-0.2, 0) is 19.1 Å². The van der Waals surface area contributed by atoms with E-state index in [1.165, 1.54) is 6.92 Å². The SMILES string of the molecule is CC(=O)O[C@@H]1[C@@H]2C=C[C@H]3[C@H]4C(=O)O[C@@H]1[C@@H]4[C@H]23. The van der Waals surface area contributed by atoms with Crippen LogP contribution in [0.3, 0.4) is 0 Å². The van der Waals surface area contributed by atoms with Crippen LogP contribution in [0.15, 0.2) is 12.2 Å². The number of esters is 2. The van der Waals surface area contributed by atoms with E-state index in [0.29, 0.717) is 17.8 Å². The molecule has 84 valence electrons. The van der Waals surface area contributed by atoms with Gasteiger partial charge in [-0.2, -0.15) is 0 Å². The molecule has 0 aromatic carbocycles. The fraction of sp³-hybridized carbons (Fsp3) is 0.667. The highest BCUT2D eigenvalue weighted by Gasteiger charge is 2.73. The third-order valence-electron chi connectivity index (χ3n) is 4.63. The highest BCUT2D eigenvalue weighted by molar-refractivity contribution is 5.79. The quantitative estimate of drug-likeness (QED) is 0.477. The van der Waals surface area contributed by atoms with Gasteiger partial charge in [-0.15, -0.1) is 0 Å². The molecule has 4 heteroatoms. The predicted molar refractivity (Wildman–Crippen MR) is 52.0 cm³/mol. The minimum Gasteiger partial charge on any atom is -0.458 e. The summed E-state index contributed by atoms with van der Waals surface area (Å²) in [6.07, 6.45) is 3.79. The number of hydrogen-bond acceptors (Lipinski definition) is 4. The van der Waals surface area contributed by atoms with Crippen molar-refractivity contribution in [1.82, 2.24) is 0 Å². The molecule has 16 heavy (non-hydrogen) atoms. The normalized spacial score (nSPS) is 54.6. The zero-order valence-corrected chi connectivity index (χ0v) is 8.83. The molecule has 4 nitrogen and oxygen atoms in total. The van der Waals surface area contributed by atoms with E-state index in [-0.39, 0.29) is 36.0 Å². The minimum absolute atomic E-state index is 0.0387. The zero-order chi connectivity index (χ0) is 11.0. The molecular weight excluding hydrogens is 208 g/mol. The number of allylic oxidation sites excluding steroid dienone is 1. The largest absolute Gasteiger partial charge is 0.458 e.